The van der Waals surface area contributed by atoms with Crippen molar-refractivity contribution in [3.05, 3.63) is 36.0 Å². The predicted octanol–water partition coefficient (Wildman–Crippen LogP) is 2.27. The molecule has 0 spiro atoms. The van der Waals surface area contributed by atoms with E-state index in [1.54, 1.807) is 12.3 Å². The Kier molecular flexibility index (Phi) is 5.34. The molecule has 3 rings (SSSR count). The van der Waals surface area contributed by atoms with E-state index in [1.807, 2.05) is 19.1 Å². The van der Waals surface area contributed by atoms with Crippen molar-refractivity contribution in [2.45, 2.75) is 50.0 Å². The summed E-state index contributed by atoms with van der Waals surface area (Å²) in [7, 11) is -3.81. The first-order valence-corrected chi connectivity index (χ1v) is 10.1. The number of fused-ring (bicyclic) bond motifs is 1. The maximum Gasteiger partial charge on any atom is 0.243 e. The standard InChI is InChI=1S/C18H23N3O3S/c1-13-10-14-6-5-9-16(18(14)19-11-13)25(23,24)20-12-17(22)21-15-7-3-2-4-8-15/h5-6,9-11,15,20H,2-4,7-8,12H2,1H3,(H,21,22). The van der Waals surface area contributed by atoms with Crippen LogP contribution in [0, 0.1) is 6.92 Å². The number of benzene rings is 1. The molecule has 1 aromatic carbocycles. The van der Waals surface area contributed by atoms with E-state index < -0.39 is 10.0 Å². The molecule has 1 aromatic heterocycles. The van der Waals surface area contributed by atoms with Crippen molar-refractivity contribution in [3.63, 3.8) is 0 Å². The second kappa shape index (κ2) is 7.49. The van der Waals surface area contributed by atoms with Crippen LogP contribution in [0.3, 0.4) is 0 Å². The fraction of sp³-hybridized carbons (Fsp3) is 0.444. The predicted molar refractivity (Wildman–Crippen MR) is 96.7 cm³/mol. The summed E-state index contributed by atoms with van der Waals surface area (Å²) < 4.78 is 27.6. The molecule has 0 aliphatic heterocycles. The van der Waals surface area contributed by atoms with Crippen molar-refractivity contribution in [1.82, 2.24) is 15.0 Å². The quantitative estimate of drug-likeness (QED) is 0.855. The summed E-state index contributed by atoms with van der Waals surface area (Å²) in [6, 6.07) is 7.06. The van der Waals surface area contributed by atoms with Gasteiger partial charge < -0.3 is 5.32 Å². The lowest BCUT2D eigenvalue weighted by atomic mass is 9.95. The van der Waals surface area contributed by atoms with Gasteiger partial charge in [-0.25, -0.2) is 13.1 Å². The van der Waals surface area contributed by atoms with Crippen LogP contribution in [0.5, 0.6) is 0 Å². The summed E-state index contributed by atoms with van der Waals surface area (Å²) in [4.78, 5) is 16.4. The smallest absolute Gasteiger partial charge is 0.243 e. The zero-order valence-corrected chi connectivity index (χ0v) is 15.1. The number of rotatable bonds is 5. The van der Waals surface area contributed by atoms with Crippen molar-refractivity contribution in [1.29, 1.82) is 0 Å². The SMILES string of the molecule is Cc1cnc2c(S(=O)(=O)NCC(=O)NC3CCCCC3)cccc2c1. The number of hydrogen-bond acceptors (Lipinski definition) is 4. The second-order valence-electron chi connectivity index (χ2n) is 6.57. The number of para-hydroxylation sites is 1. The molecule has 1 fully saturated rings. The van der Waals surface area contributed by atoms with Crippen LogP contribution >= 0.6 is 0 Å². The normalized spacial score (nSPS) is 16.0. The molecule has 7 heteroatoms. The van der Waals surface area contributed by atoms with Crippen LogP contribution < -0.4 is 10.0 Å². The van der Waals surface area contributed by atoms with Gasteiger partial charge in [0.2, 0.25) is 15.9 Å². The number of nitrogens with zero attached hydrogens (tertiary/aromatic N) is 1. The molecule has 1 aliphatic rings. The van der Waals surface area contributed by atoms with Crippen molar-refractivity contribution >= 4 is 26.8 Å². The second-order valence-corrected chi connectivity index (χ2v) is 8.30. The molecule has 2 N–H and O–H groups in total. The minimum Gasteiger partial charge on any atom is -0.352 e. The van der Waals surface area contributed by atoms with Crippen LogP contribution in [-0.2, 0) is 14.8 Å². The van der Waals surface area contributed by atoms with Gasteiger partial charge in [0.15, 0.2) is 0 Å². The first-order chi connectivity index (χ1) is 12.0. The van der Waals surface area contributed by atoms with Gasteiger partial charge in [0.05, 0.1) is 12.1 Å². The number of aromatic nitrogens is 1. The van der Waals surface area contributed by atoms with E-state index in [0.29, 0.717) is 5.52 Å². The van der Waals surface area contributed by atoms with Gasteiger partial charge in [0.1, 0.15) is 4.90 Å². The molecule has 134 valence electrons. The fourth-order valence-electron chi connectivity index (χ4n) is 3.22. The third-order valence-corrected chi connectivity index (χ3v) is 5.93. The van der Waals surface area contributed by atoms with E-state index in [9.17, 15) is 13.2 Å². The lowest BCUT2D eigenvalue weighted by Crippen LogP contribution is -2.42. The zero-order valence-electron chi connectivity index (χ0n) is 14.3. The highest BCUT2D eigenvalue weighted by Gasteiger charge is 2.21. The molecule has 0 bridgehead atoms. The number of sulfonamides is 1. The Morgan fingerprint density at radius 2 is 2.00 bits per heavy atom. The maximum atomic E-state index is 12.6. The lowest BCUT2D eigenvalue weighted by Gasteiger charge is -2.22. The Hall–Kier alpha value is -1.99. The zero-order chi connectivity index (χ0) is 17.9. The van der Waals surface area contributed by atoms with Gasteiger partial charge in [-0.3, -0.25) is 9.78 Å². The highest BCUT2D eigenvalue weighted by Crippen LogP contribution is 2.21. The van der Waals surface area contributed by atoms with Gasteiger partial charge >= 0.3 is 0 Å². The topological polar surface area (TPSA) is 88.2 Å². The van der Waals surface area contributed by atoms with Crippen molar-refractivity contribution < 1.29 is 13.2 Å². The molecule has 25 heavy (non-hydrogen) atoms. The summed E-state index contributed by atoms with van der Waals surface area (Å²) in [5, 5.41) is 3.66. The number of carbonyl (C=O) groups excluding carboxylic acids is 1. The van der Waals surface area contributed by atoms with Crippen LogP contribution in [0.15, 0.2) is 35.4 Å². The van der Waals surface area contributed by atoms with Crippen LogP contribution in [0.25, 0.3) is 10.9 Å². The third kappa shape index (κ3) is 4.35. The lowest BCUT2D eigenvalue weighted by molar-refractivity contribution is -0.120. The van der Waals surface area contributed by atoms with Crippen LogP contribution in [0.1, 0.15) is 37.7 Å². The van der Waals surface area contributed by atoms with Gasteiger partial charge in [0, 0.05) is 17.6 Å². The molecule has 0 saturated heterocycles. The summed E-state index contributed by atoms with van der Waals surface area (Å²) in [5.74, 6) is -0.292. The Bertz CT molecular complexity index is 874. The van der Waals surface area contributed by atoms with E-state index in [-0.39, 0.29) is 23.4 Å². The minimum atomic E-state index is -3.81. The minimum absolute atomic E-state index is 0.0930. The van der Waals surface area contributed by atoms with Crippen LogP contribution in [-0.4, -0.2) is 31.9 Å². The summed E-state index contributed by atoms with van der Waals surface area (Å²) in [5.41, 5.74) is 1.37. The molecule has 1 heterocycles. The van der Waals surface area contributed by atoms with E-state index in [2.05, 4.69) is 15.0 Å². The molecule has 6 nitrogen and oxygen atoms in total. The first-order valence-electron chi connectivity index (χ1n) is 8.60. The monoisotopic (exact) mass is 361 g/mol. The third-order valence-electron chi connectivity index (χ3n) is 4.49. The summed E-state index contributed by atoms with van der Waals surface area (Å²) in [6.45, 7) is 1.64. The molecule has 0 unspecified atom stereocenters. The number of amides is 1. The molecule has 2 aromatic rings. The Morgan fingerprint density at radius 1 is 1.24 bits per heavy atom. The average molecular weight is 361 g/mol. The number of aryl methyl sites for hydroxylation is 1. The van der Waals surface area contributed by atoms with Gasteiger partial charge in [-0.15, -0.1) is 0 Å². The number of carbonyl (C=O) groups is 1. The summed E-state index contributed by atoms with van der Waals surface area (Å²) in [6.07, 6.45) is 6.98. The molecule has 1 amide bonds. The highest BCUT2D eigenvalue weighted by atomic mass is 32.2. The van der Waals surface area contributed by atoms with E-state index in [0.717, 1.165) is 36.6 Å². The number of pyridine rings is 1. The Balaban J connectivity index is 1.70. The van der Waals surface area contributed by atoms with E-state index in [4.69, 9.17) is 0 Å². The molecule has 0 atom stereocenters. The molecule has 1 saturated carbocycles. The Labute approximate surface area is 148 Å². The van der Waals surface area contributed by atoms with Gasteiger partial charge in [-0.1, -0.05) is 31.4 Å². The Morgan fingerprint density at radius 3 is 2.76 bits per heavy atom. The molecular formula is C18H23N3O3S. The van der Waals surface area contributed by atoms with Crippen molar-refractivity contribution in [2.75, 3.05) is 6.54 Å². The van der Waals surface area contributed by atoms with E-state index >= 15 is 0 Å². The largest absolute Gasteiger partial charge is 0.352 e. The average Bonchev–Trinajstić information content (AvgIpc) is 2.60. The van der Waals surface area contributed by atoms with Crippen LogP contribution in [0.2, 0.25) is 0 Å². The highest BCUT2D eigenvalue weighted by molar-refractivity contribution is 7.89. The van der Waals surface area contributed by atoms with Crippen LogP contribution in [0.4, 0.5) is 0 Å². The summed E-state index contributed by atoms with van der Waals surface area (Å²) >= 11 is 0. The molecule has 0 radical (unpaired) electrons. The van der Waals surface area contributed by atoms with Gasteiger partial charge in [-0.05, 0) is 37.5 Å². The molecular weight excluding hydrogens is 338 g/mol. The van der Waals surface area contributed by atoms with E-state index in [1.165, 1.54) is 12.5 Å². The van der Waals surface area contributed by atoms with Crippen molar-refractivity contribution in [2.24, 2.45) is 0 Å². The van der Waals surface area contributed by atoms with Gasteiger partial charge in [0.25, 0.3) is 0 Å². The number of nitrogens with one attached hydrogen (secondary N) is 2. The van der Waals surface area contributed by atoms with Gasteiger partial charge in [-0.2, -0.15) is 0 Å². The first kappa shape index (κ1) is 17.8. The fourth-order valence-corrected chi connectivity index (χ4v) is 4.38. The molecule has 1 aliphatic carbocycles. The van der Waals surface area contributed by atoms with Crippen molar-refractivity contribution in [3.8, 4) is 0 Å². The number of hydrogen-bond donors (Lipinski definition) is 2. The maximum absolute atomic E-state index is 12.6.